The van der Waals surface area contributed by atoms with Crippen molar-refractivity contribution in [3.8, 4) is 0 Å². The molecule has 0 unspecified atom stereocenters. The third-order valence-corrected chi connectivity index (χ3v) is 7.41. The Kier molecular flexibility index (Phi) is 5.65. The van der Waals surface area contributed by atoms with Crippen molar-refractivity contribution in [2.24, 2.45) is 5.73 Å². The highest BCUT2D eigenvalue weighted by Crippen LogP contribution is 2.26. The van der Waals surface area contributed by atoms with Gasteiger partial charge < -0.3 is 10.5 Å². The fourth-order valence-electron chi connectivity index (χ4n) is 3.74. The second kappa shape index (κ2) is 8.26. The van der Waals surface area contributed by atoms with E-state index in [-0.39, 0.29) is 29.6 Å². The molecule has 2 heterocycles. The van der Waals surface area contributed by atoms with Crippen molar-refractivity contribution in [3.05, 3.63) is 76.2 Å². The van der Waals surface area contributed by atoms with Gasteiger partial charge in [-0.25, -0.2) is 13.2 Å². The minimum Gasteiger partial charge on any atom is -0.440 e. The Morgan fingerprint density at radius 1 is 1.13 bits per heavy atom. The van der Waals surface area contributed by atoms with Gasteiger partial charge in [0, 0.05) is 36.1 Å². The SMILES string of the molecule is Cc1ccccc1C(=O)OCn1ccc2c(S(=O)(=O)N3CC[C@@H](N)C3)cccc2c1=O. The summed E-state index contributed by atoms with van der Waals surface area (Å²) in [7, 11) is -3.77. The molecule has 0 aliphatic carbocycles. The number of carbonyl (C=O) groups excluding carboxylic acids is 1. The van der Waals surface area contributed by atoms with E-state index in [2.05, 4.69) is 0 Å². The molecule has 1 aliphatic heterocycles. The summed E-state index contributed by atoms with van der Waals surface area (Å²) in [6, 6.07) is 13.0. The smallest absolute Gasteiger partial charge is 0.340 e. The molecule has 4 rings (SSSR count). The van der Waals surface area contributed by atoms with Crippen LogP contribution in [0.25, 0.3) is 10.8 Å². The van der Waals surface area contributed by atoms with Crippen molar-refractivity contribution >= 4 is 26.8 Å². The predicted octanol–water partition coefficient (Wildman–Crippen LogP) is 1.85. The van der Waals surface area contributed by atoms with Crippen LogP contribution in [0.3, 0.4) is 0 Å². The van der Waals surface area contributed by atoms with Crippen LogP contribution in [0, 0.1) is 6.92 Å². The molecular weight excluding hydrogens is 418 g/mol. The molecule has 3 aromatic rings. The van der Waals surface area contributed by atoms with E-state index in [4.69, 9.17) is 10.5 Å². The molecule has 0 amide bonds. The Bertz CT molecular complexity index is 1320. The Morgan fingerprint density at radius 3 is 2.61 bits per heavy atom. The van der Waals surface area contributed by atoms with Gasteiger partial charge in [0.1, 0.15) is 0 Å². The number of rotatable bonds is 5. The van der Waals surface area contributed by atoms with Crippen molar-refractivity contribution in [1.82, 2.24) is 8.87 Å². The number of aromatic nitrogens is 1. The van der Waals surface area contributed by atoms with Gasteiger partial charge in [-0.15, -0.1) is 0 Å². The van der Waals surface area contributed by atoms with Crippen LogP contribution in [0.5, 0.6) is 0 Å². The van der Waals surface area contributed by atoms with Gasteiger partial charge in [0.05, 0.1) is 10.5 Å². The lowest BCUT2D eigenvalue weighted by Gasteiger charge is -2.17. The average molecular weight is 442 g/mol. The minimum absolute atomic E-state index is 0.0697. The normalized spacial score (nSPS) is 17.2. The molecule has 1 atom stereocenters. The first-order valence-electron chi connectivity index (χ1n) is 9.89. The number of aryl methyl sites for hydroxylation is 1. The second-order valence-corrected chi connectivity index (χ2v) is 9.50. The summed E-state index contributed by atoms with van der Waals surface area (Å²) in [6.45, 7) is 2.13. The highest BCUT2D eigenvalue weighted by Gasteiger charge is 2.32. The van der Waals surface area contributed by atoms with Crippen molar-refractivity contribution < 1.29 is 17.9 Å². The number of hydrogen-bond donors (Lipinski definition) is 1. The first kappa shape index (κ1) is 21.2. The maximum atomic E-state index is 13.1. The number of esters is 1. The van der Waals surface area contributed by atoms with E-state index in [0.717, 1.165) is 5.56 Å². The Labute approximate surface area is 179 Å². The number of carbonyl (C=O) groups is 1. The van der Waals surface area contributed by atoms with Gasteiger partial charge in [-0.2, -0.15) is 4.31 Å². The number of pyridine rings is 1. The third-order valence-electron chi connectivity index (χ3n) is 5.48. The topological polar surface area (TPSA) is 112 Å². The monoisotopic (exact) mass is 441 g/mol. The lowest BCUT2D eigenvalue weighted by atomic mass is 10.1. The fourth-order valence-corrected chi connectivity index (χ4v) is 5.45. The maximum absolute atomic E-state index is 13.1. The van der Waals surface area contributed by atoms with E-state index in [1.165, 1.54) is 27.2 Å². The average Bonchev–Trinajstić information content (AvgIpc) is 3.20. The van der Waals surface area contributed by atoms with Gasteiger partial charge >= 0.3 is 5.97 Å². The first-order valence-corrected chi connectivity index (χ1v) is 11.3. The highest BCUT2D eigenvalue weighted by molar-refractivity contribution is 7.89. The summed E-state index contributed by atoms with van der Waals surface area (Å²) in [6.07, 6.45) is 2.04. The maximum Gasteiger partial charge on any atom is 0.340 e. The molecule has 8 nitrogen and oxygen atoms in total. The molecule has 1 saturated heterocycles. The number of fused-ring (bicyclic) bond motifs is 1. The summed E-state index contributed by atoms with van der Waals surface area (Å²) in [4.78, 5) is 25.4. The number of hydrogen-bond acceptors (Lipinski definition) is 6. The summed E-state index contributed by atoms with van der Waals surface area (Å²) in [5.41, 5.74) is 6.62. The van der Waals surface area contributed by atoms with E-state index < -0.39 is 21.6 Å². The van der Waals surface area contributed by atoms with Crippen LogP contribution in [0.1, 0.15) is 22.3 Å². The van der Waals surface area contributed by atoms with E-state index in [9.17, 15) is 18.0 Å². The van der Waals surface area contributed by atoms with Gasteiger partial charge in [0.2, 0.25) is 10.0 Å². The van der Waals surface area contributed by atoms with Crippen LogP contribution in [0.15, 0.2) is 64.4 Å². The van der Waals surface area contributed by atoms with Crippen molar-refractivity contribution in [2.45, 2.75) is 31.0 Å². The molecule has 1 fully saturated rings. The van der Waals surface area contributed by atoms with E-state index in [1.807, 2.05) is 6.07 Å². The number of nitrogens with two attached hydrogens (primary N) is 1. The summed E-state index contributed by atoms with van der Waals surface area (Å²) < 4.78 is 34.1. The van der Waals surface area contributed by atoms with Gasteiger partial charge in [-0.05, 0) is 43.2 Å². The number of nitrogens with zero attached hydrogens (tertiary/aromatic N) is 2. The molecule has 0 radical (unpaired) electrons. The predicted molar refractivity (Wildman–Crippen MR) is 116 cm³/mol. The molecule has 162 valence electrons. The van der Waals surface area contributed by atoms with Crippen LogP contribution in [-0.4, -0.2) is 42.4 Å². The lowest BCUT2D eigenvalue weighted by Crippen LogP contribution is -2.32. The molecule has 0 bridgehead atoms. The van der Waals surface area contributed by atoms with E-state index in [1.54, 1.807) is 37.3 Å². The molecule has 2 aromatic carbocycles. The molecule has 0 saturated carbocycles. The van der Waals surface area contributed by atoms with Gasteiger partial charge in [-0.3, -0.25) is 9.36 Å². The molecule has 1 aliphatic rings. The fraction of sp³-hybridized carbons (Fsp3) is 0.273. The van der Waals surface area contributed by atoms with E-state index in [0.29, 0.717) is 23.9 Å². The standard InChI is InChI=1S/C22H23N3O5S/c1-15-5-2-3-6-17(15)22(27)30-14-24-11-10-18-19(21(24)26)7-4-8-20(18)31(28,29)25-12-9-16(23)13-25/h2-8,10-11,16H,9,12-14,23H2,1H3/t16-/m1/s1. The lowest BCUT2D eigenvalue weighted by molar-refractivity contribution is 0.0366. The number of sulfonamides is 1. The molecule has 1 aromatic heterocycles. The number of benzene rings is 2. The second-order valence-electron chi connectivity index (χ2n) is 7.60. The van der Waals surface area contributed by atoms with Gasteiger partial charge in [-0.1, -0.05) is 24.3 Å². The molecule has 31 heavy (non-hydrogen) atoms. The molecular formula is C22H23N3O5S. The van der Waals surface area contributed by atoms with Crippen molar-refractivity contribution in [2.75, 3.05) is 13.1 Å². The van der Waals surface area contributed by atoms with Crippen molar-refractivity contribution in [3.63, 3.8) is 0 Å². The molecule has 9 heteroatoms. The highest BCUT2D eigenvalue weighted by atomic mass is 32.2. The van der Waals surface area contributed by atoms with Gasteiger partial charge in [0.25, 0.3) is 5.56 Å². The molecule has 0 spiro atoms. The summed E-state index contributed by atoms with van der Waals surface area (Å²) >= 11 is 0. The van der Waals surface area contributed by atoms with Crippen LogP contribution in [0.2, 0.25) is 0 Å². The molecule has 2 N–H and O–H groups in total. The Morgan fingerprint density at radius 2 is 1.90 bits per heavy atom. The van der Waals surface area contributed by atoms with Gasteiger partial charge in [0.15, 0.2) is 6.73 Å². The van der Waals surface area contributed by atoms with Crippen LogP contribution >= 0.6 is 0 Å². The minimum atomic E-state index is -3.77. The van der Waals surface area contributed by atoms with Crippen molar-refractivity contribution in [1.29, 1.82) is 0 Å². The zero-order valence-corrected chi connectivity index (χ0v) is 17.8. The number of ether oxygens (including phenoxy) is 1. The summed E-state index contributed by atoms with van der Waals surface area (Å²) in [5.74, 6) is -0.535. The quantitative estimate of drug-likeness (QED) is 0.605. The van der Waals surface area contributed by atoms with Crippen LogP contribution < -0.4 is 11.3 Å². The Balaban J connectivity index is 1.64. The zero-order valence-electron chi connectivity index (χ0n) is 17.0. The first-order chi connectivity index (χ1) is 14.8. The van der Waals surface area contributed by atoms with Crippen LogP contribution in [0.4, 0.5) is 0 Å². The zero-order chi connectivity index (χ0) is 22.2. The van der Waals surface area contributed by atoms with E-state index >= 15 is 0 Å². The Hall–Kier alpha value is -3.01. The van der Waals surface area contributed by atoms with Crippen LogP contribution in [-0.2, 0) is 21.5 Å². The largest absolute Gasteiger partial charge is 0.440 e. The summed E-state index contributed by atoms with van der Waals surface area (Å²) in [5, 5.41) is 0.563. The third kappa shape index (κ3) is 3.99.